The summed E-state index contributed by atoms with van der Waals surface area (Å²) >= 11 is 1.55. The SMILES string of the molecule is CCn1nccc1C(=O)Nc1cc(C)nn1-c1nc2cc(C)c(C)cc2s1. The van der Waals surface area contributed by atoms with Gasteiger partial charge in [0.05, 0.1) is 15.9 Å². The lowest BCUT2D eigenvalue weighted by Gasteiger charge is -2.07. The van der Waals surface area contributed by atoms with Crippen LogP contribution >= 0.6 is 11.3 Å². The Kier molecular flexibility index (Phi) is 4.27. The Morgan fingerprint density at radius 1 is 1.19 bits per heavy atom. The van der Waals surface area contributed by atoms with Gasteiger partial charge in [-0.15, -0.1) is 0 Å². The first-order valence-corrected chi connectivity index (χ1v) is 9.56. The lowest BCUT2D eigenvalue weighted by atomic mass is 10.1. The first-order valence-electron chi connectivity index (χ1n) is 8.74. The smallest absolute Gasteiger partial charge is 0.275 e. The zero-order valence-electron chi connectivity index (χ0n) is 15.6. The van der Waals surface area contributed by atoms with Crippen LogP contribution in [0.2, 0.25) is 0 Å². The number of carbonyl (C=O) groups is 1. The van der Waals surface area contributed by atoms with Crippen LogP contribution in [-0.2, 0) is 6.54 Å². The minimum Gasteiger partial charge on any atom is -0.305 e. The highest BCUT2D eigenvalue weighted by molar-refractivity contribution is 7.20. The molecule has 1 aromatic carbocycles. The molecule has 0 radical (unpaired) electrons. The van der Waals surface area contributed by atoms with Crippen molar-refractivity contribution in [3.8, 4) is 5.13 Å². The van der Waals surface area contributed by atoms with E-state index in [1.54, 1.807) is 33.0 Å². The Morgan fingerprint density at radius 3 is 2.74 bits per heavy atom. The fourth-order valence-electron chi connectivity index (χ4n) is 2.95. The Bertz CT molecular complexity index is 1110. The van der Waals surface area contributed by atoms with Gasteiger partial charge in [-0.2, -0.15) is 14.9 Å². The highest BCUT2D eigenvalue weighted by atomic mass is 32.1. The maximum absolute atomic E-state index is 12.7. The second-order valence-electron chi connectivity index (χ2n) is 6.47. The van der Waals surface area contributed by atoms with Gasteiger partial charge >= 0.3 is 0 Å². The van der Waals surface area contributed by atoms with Crippen LogP contribution in [0.5, 0.6) is 0 Å². The molecule has 0 bridgehead atoms. The summed E-state index contributed by atoms with van der Waals surface area (Å²) in [5.74, 6) is 0.372. The monoisotopic (exact) mass is 380 g/mol. The first-order chi connectivity index (χ1) is 13.0. The summed E-state index contributed by atoms with van der Waals surface area (Å²) in [4.78, 5) is 17.4. The number of hydrogen-bond acceptors (Lipinski definition) is 5. The van der Waals surface area contributed by atoms with Crippen LogP contribution in [0, 0.1) is 20.8 Å². The van der Waals surface area contributed by atoms with Gasteiger partial charge < -0.3 is 5.32 Å². The van der Waals surface area contributed by atoms with Crippen molar-refractivity contribution in [3.63, 3.8) is 0 Å². The molecule has 8 heteroatoms. The van der Waals surface area contributed by atoms with Crippen molar-refractivity contribution in [2.45, 2.75) is 34.2 Å². The standard InChI is InChI=1S/C19H20N6OS/c1-5-24-15(6-7-20-24)18(26)22-17-10-13(4)23-25(17)19-21-14-8-11(2)12(3)9-16(14)27-19/h6-10H,5H2,1-4H3,(H,22,26). The predicted octanol–water partition coefficient (Wildman–Crippen LogP) is 3.88. The highest BCUT2D eigenvalue weighted by Gasteiger charge is 2.17. The van der Waals surface area contributed by atoms with E-state index in [1.807, 2.05) is 19.9 Å². The molecule has 4 aromatic rings. The average molecular weight is 380 g/mol. The second kappa shape index (κ2) is 6.62. The van der Waals surface area contributed by atoms with Crippen LogP contribution in [0.4, 0.5) is 5.82 Å². The Balaban J connectivity index is 1.72. The van der Waals surface area contributed by atoms with Gasteiger partial charge in [-0.3, -0.25) is 9.48 Å². The Hall–Kier alpha value is -3.00. The highest BCUT2D eigenvalue weighted by Crippen LogP contribution is 2.29. The average Bonchev–Trinajstić information content (AvgIpc) is 3.33. The van der Waals surface area contributed by atoms with Gasteiger partial charge in [0.25, 0.3) is 5.91 Å². The van der Waals surface area contributed by atoms with Crippen molar-refractivity contribution < 1.29 is 4.79 Å². The zero-order valence-corrected chi connectivity index (χ0v) is 16.5. The Labute approximate surface area is 160 Å². The number of thiazole rings is 1. The molecule has 0 aliphatic carbocycles. The number of benzene rings is 1. The number of anilines is 1. The normalized spacial score (nSPS) is 11.3. The first kappa shape index (κ1) is 17.4. The summed E-state index contributed by atoms with van der Waals surface area (Å²) in [6.45, 7) is 8.64. The third kappa shape index (κ3) is 3.12. The molecule has 0 saturated heterocycles. The van der Waals surface area contributed by atoms with Crippen molar-refractivity contribution in [1.82, 2.24) is 24.5 Å². The second-order valence-corrected chi connectivity index (χ2v) is 7.48. The van der Waals surface area contributed by atoms with Gasteiger partial charge in [-0.25, -0.2) is 4.98 Å². The van der Waals surface area contributed by atoms with Crippen molar-refractivity contribution in [1.29, 1.82) is 0 Å². The third-order valence-electron chi connectivity index (χ3n) is 4.50. The lowest BCUT2D eigenvalue weighted by molar-refractivity contribution is 0.101. The third-order valence-corrected chi connectivity index (χ3v) is 5.49. The van der Waals surface area contributed by atoms with E-state index in [0.717, 1.165) is 21.0 Å². The molecule has 0 aliphatic heterocycles. The maximum atomic E-state index is 12.7. The molecule has 1 N–H and O–H groups in total. The van der Waals surface area contributed by atoms with Gasteiger partial charge in [-0.1, -0.05) is 11.3 Å². The fourth-order valence-corrected chi connectivity index (χ4v) is 3.96. The van der Waals surface area contributed by atoms with Crippen LogP contribution < -0.4 is 5.32 Å². The molecule has 27 heavy (non-hydrogen) atoms. The molecular formula is C19H20N6OS. The minimum atomic E-state index is -0.219. The number of nitrogens with one attached hydrogen (secondary N) is 1. The van der Waals surface area contributed by atoms with E-state index in [4.69, 9.17) is 4.98 Å². The van der Waals surface area contributed by atoms with Crippen LogP contribution in [0.25, 0.3) is 15.3 Å². The maximum Gasteiger partial charge on any atom is 0.275 e. The largest absolute Gasteiger partial charge is 0.305 e. The molecule has 3 aromatic heterocycles. The molecule has 0 saturated carbocycles. The van der Waals surface area contributed by atoms with E-state index < -0.39 is 0 Å². The van der Waals surface area contributed by atoms with E-state index in [1.165, 1.54) is 11.1 Å². The number of aryl methyl sites for hydroxylation is 4. The number of rotatable bonds is 4. The van der Waals surface area contributed by atoms with Crippen LogP contribution in [0.3, 0.4) is 0 Å². The predicted molar refractivity (Wildman–Crippen MR) is 107 cm³/mol. The topological polar surface area (TPSA) is 77.6 Å². The molecule has 1 amide bonds. The van der Waals surface area contributed by atoms with Gasteiger partial charge in [-0.05, 0) is 57.0 Å². The molecule has 0 atom stereocenters. The number of carbonyl (C=O) groups excluding carboxylic acids is 1. The van der Waals surface area contributed by atoms with E-state index in [9.17, 15) is 4.79 Å². The minimum absolute atomic E-state index is 0.219. The van der Waals surface area contributed by atoms with Crippen LogP contribution in [-0.4, -0.2) is 30.5 Å². The van der Waals surface area contributed by atoms with Crippen LogP contribution in [0.1, 0.15) is 34.2 Å². The van der Waals surface area contributed by atoms with E-state index in [0.29, 0.717) is 18.1 Å². The van der Waals surface area contributed by atoms with Crippen molar-refractivity contribution >= 4 is 33.3 Å². The fraction of sp³-hybridized carbons (Fsp3) is 0.263. The van der Waals surface area contributed by atoms with Gasteiger partial charge in [0, 0.05) is 18.8 Å². The quantitative estimate of drug-likeness (QED) is 0.583. The van der Waals surface area contributed by atoms with Gasteiger partial charge in [0.1, 0.15) is 11.5 Å². The summed E-state index contributed by atoms with van der Waals surface area (Å²) in [7, 11) is 0. The summed E-state index contributed by atoms with van der Waals surface area (Å²) in [6, 6.07) is 7.77. The van der Waals surface area contributed by atoms with E-state index in [2.05, 4.69) is 41.5 Å². The molecular weight excluding hydrogens is 360 g/mol. The van der Waals surface area contributed by atoms with Gasteiger partial charge in [0.2, 0.25) is 5.13 Å². The van der Waals surface area contributed by atoms with Crippen molar-refractivity contribution in [3.05, 3.63) is 53.0 Å². The molecule has 138 valence electrons. The number of nitrogens with zero attached hydrogens (tertiary/aromatic N) is 5. The van der Waals surface area contributed by atoms with E-state index in [-0.39, 0.29) is 5.91 Å². The number of aromatic nitrogens is 5. The van der Waals surface area contributed by atoms with Gasteiger partial charge in [0.15, 0.2) is 0 Å². The van der Waals surface area contributed by atoms with Crippen molar-refractivity contribution in [2.24, 2.45) is 0 Å². The molecule has 3 heterocycles. The molecule has 0 unspecified atom stereocenters. The summed E-state index contributed by atoms with van der Waals surface area (Å²) in [5, 5.41) is 12.3. The lowest BCUT2D eigenvalue weighted by Crippen LogP contribution is -2.19. The number of hydrogen-bond donors (Lipinski definition) is 1. The summed E-state index contributed by atoms with van der Waals surface area (Å²) < 4.78 is 4.45. The van der Waals surface area contributed by atoms with Crippen molar-refractivity contribution in [2.75, 3.05) is 5.32 Å². The summed E-state index contributed by atoms with van der Waals surface area (Å²) in [6.07, 6.45) is 1.62. The molecule has 4 rings (SSSR count). The molecule has 0 spiro atoms. The van der Waals surface area contributed by atoms with E-state index >= 15 is 0 Å². The molecule has 0 fully saturated rings. The number of fused-ring (bicyclic) bond motifs is 1. The number of amides is 1. The zero-order chi connectivity index (χ0) is 19.1. The molecule has 0 aliphatic rings. The molecule has 7 nitrogen and oxygen atoms in total. The van der Waals surface area contributed by atoms with Crippen LogP contribution in [0.15, 0.2) is 30.5 Å². The summed E-state index contributed by atoms with van der Waals surface area (Å²) in [5.41, 5.74) is 4.69. The Morgan fingerprint density at radius 2 is 1.96 bits per heavy atom.